The Kier molecular flexibility index (Phi) is 6.65. The minimum absolute atomic E-state index is 0.0919. The molecule has 0 aliphatic carbocycles. The van der Waals surface area contributed by atoms with Gasteiger partial charge in [0.25, 0.3) is 0 Å². The predicted octanol–water partition coefficient (Wildman–Crippen LogP) is 4.86. The number of imidazole rings is 1. The van der Waals surface area contributed by atoms with Crippen LogP contribution in [-0.4, -0.2) is 52.4 Å². The maximum atomic E-state index is 8.75. The van der Waals surface area contributed by atoms with E-state index in [2.05, 4.69) is 64.0 Å². The highest BCUT2D eigenvalue weighted by molar-refractivity contribution is 6.74. The fraction of sp³-hybridized carbons (Fsp3) is 0.684. The molecule has 0 amide bonds. The third kappa shape index (κ3) is 5.04. The smallest absolute Gasteiger partial charge is 0.192 e. The largest absolute Gasteiger partial charge is 0.414 e. The molecule has 2 aromatic heterocycles. The van der Waals surface area contributed by atoms with Crippen LogP contribution < -0.4 is 0 Å². The van der Waals surface area contributed by atoms with E-state index in [0.717, 1.165) is 5.71 Å². The average Bonchev–Trinajstić information content (AvgIpc) is 3.28. The third-order valence-corrected chi connectivity index (χ3v) is 10.3. The van der Waals surface area contributed by atoms with E-state index in [1.807, 2.05) is 13.8 Å². The van der Waals surface area contributed by atoms with Crippen molar-refractivity contribution in [3.8, 4) is 0 Å². The normalized spacial score (nSPS) is 21.7. The summed E-state index contributed by atoms with van der Waals surface area (Å²) in [4.78, 5) is 21.2. The highest BCUT2D eigenvalue weighted by Crippen LogP contribution is 2.39. The van der Waals surface area contributed by atoms with Crippen molar-refractivity contribution in [3.05, 3.63) is 23.1 Å². The van der Waals surface area contributed by atoms with Crippen LogP contribution in [0.15, 0.2) is 22.9 Å². The van der Waals surface area contributed by atoms with Crippen LogP contribution in [0.2, 0.25) is 18.1 Å². The van der Waals surface area contributed by atoms with Crippen molar-refractivity contribution in [2.24, 2.45) is 10.3 Å². The second kappa shape index (κ2) is 8.91. The lowest BCUT2D eigenvalue weighted by atomic mass is 10.2. The number of fused-ring (bicyclic) bond motifs is 1. The summed E-state index contributed by atoms with van der Waals surface area (Å²) >= 11 is 0. The number of oxime groups is 1. The summed E-state index contributed by atoms with van der Waals surface area (Å²) in [5, 5.41) is 7.83. The van der Waals surface area contributed by atoms with Crippen LogP contribution in [0.3, 0.4) is 0 Å². The number of hydrogen-bond acceptors (Lipinski definition) is 8. The van der Waals surface area contributed by atoms with Crippen molar-refractivity contribution < 1.29 is 14.0 Å². The van der Waals surface area contributed by atoms with Gasteiger partial charge in [-0.1, -0.05) is 25.9 Å². The van der Waals surface area contributed by atoms with E-state index in [1.54, 1.807) is 10.9 Å². The summed E-state index contributed by atoms with van der Waals surface area (Å²) in [5.74, 6) is 0.182. The van der Waals surface area contributed by atoms with Crippen LogP contribution in [0.5, 0.6) is 0 Å². The van der Waals surface area contributed by atoms with Crippen LogP contribution in [0.25, 0.3) is 21.6 Å². The molecule has 3 rings (SSSR count). The van der Waals surface area contributed by atoms with E-state index >= 15 is 0 Å². The molecule has 12 heteroatoms. The van der Waals surface area contributed by atoms with Crippen molar-refractivity contribution in [1.29, 1.82) is 0 Å². The number of hydrogen-bond donors (Lipinski definition) is 0. The molecule has 3 atom stereocenters. The number of azide groups is 1. The van der Waals surface area contributed by atoms with E-state index < -0.39 is 8.32 Å². The predicted molar refractivity (Wildman–Crippen MR) is 119 cm³/mol. The maximum absolute atomic E-state index is 8.75. The summed E-state index contributed by atoms with van der Waals surface area (Å²) in [7, 11) is -1.95. The van der Waals surface area contributed by atoms with Gasteiger partial charge in [0, 0.05) is 11.3 Å². The lowest BCUT2D eigenvalue weighted by Crippen LogP contribution is -2.44. The molecular formula is C19H30N8O3Si. The zero-order valence-electron chi connectivity index (χ0n) is 19.1. The van der Waals surface area contributed by atoms with E-state index in [-0.39, 0.29) is 29.3 Å². The highest BCUT2D eigenvalue weighted by Gasteiger charge is 2.43. The quantitative estimate of drug-likeness (QED) is 0.149. The highest BCUT2D eigenvalue weighted by atomic mass is 28.4. The lowest BCUT2D eigenvalue weighted by molar-refractivity contribution is -0.0572. The second-order valence-corrected chi connectivity index (χ2v) is 14.1. The fourth-order valence-corrected chi connectivity index (χ4v) is 3.99. The van der Waals surface area contributed by atoms with Gasteiger partial charge in [0.1, 0.15) is 24.2 Å². The summed E-state index contributed by atoms with van der Waals surface area (Å²) in [6, 6.07) is 0. The molecule has 0 spiro atoms. The van der Waals surface area contributed by atoms with Crippen molar-refractivity contribution >= 4 is 31.0 Å². The zero-order chi connectivity index (χ0) is 22.8. The Hall–Kier alpha value is -2.53. The van der Waals surface area contributed by atoms with E-state index in [0.29, 0.717) is 24.2 Å². The molecule has 1 fully saturated rings. The van der Waals surface area contributed by atoms with E-state index in [4.69, 9.17) is 19.5 Å². The molecule has 1 unspecified atom stereocenters. The molecule has 2 aromatic rings. The van der Waals surface area contributed by atoms with Gasteiger partial charge in [-0.25, -0.2) is 15.0 Å². The molecule has 0 radical (unpaired) electrons. The monoisotopic (exact) mass is 446 g/mol. The number of rotatable bonds is 7. The number of nitrogens with zero attached hydrogens (tertiary/aromatic N) is 8. The molecule has 0 bridgehead atoms. The minimum atomic E-state index is -1.95. The Bertz CT molecular complexity index is 1010. The molecule has 0 N–H and O–H groups in total. The zero-order valence-corrected chi connectivity index (χ0v) is 20.1. The van der Waals surface area contributed by atoms with Crippen LogP contribution in [-0.2, 0) is 14.0 Å². The number of ether oxygens (including phenoxy) is 1. The Labute approximate surface area is 182 Å². The summed E-state index contributed by atoms with van der Waals surface area (Å²) in [6.45, 7) is 15.2. The fourth-order valence-electron chi connectivity index (χ4n) is 2.98. The molecule has 31 heavy (non-hydrogen) atoms. The third-order valence-electron chi connectivity index (χ3n) is 5.75. The van der Waals surface area contributed by atoms with Crippen LogP contribution in [0, 0.1) is 0 Å². The Morgan fingerprint density at radius 3 is 2.71 bits per heavy atom. The molecule has 1 aliphatic heterocycles. The Morgan fingerprint density at radius 1 is 1.32 bits per heavy atom. The first kappa shape index (κ1) is 23.1. The first-order valence-corrected chi connectivity index (χ1v) is 13.1. The average molecular weight is 447 g/mol. The van der Waals surface area contributed by atoms with E-state index in [1.165, 1.54) is 6.33 Å². The molecule has 1 saturated heterocycles. The first-order chi connectivity index (χ1) is 14.5. The topological polar surface area (TPSA) is 132 Å². The van der Waals surface area contributed by atoms with Gasteiger partial charge in [-0.05, 0) is 42.6 Å². The summed E-state index contributed by atoms with van der Waals surface area (Å²) in [5.41, 5.74) is 10.5. The summed E-state index contributed by atoms with van der Waals surface area (Å²) in [6.07, 6.45) is 2.57. The van der Waals surface area contributed by atoms with Gasteiger partial charge in [0.15, 0.2) is 25.9 Å². The van der Waals surface area contributed by atoms with E-state index in [9.17, 15) is 0 Å². The lowest BCUT2D eigenvalue weighted by Gasteiger charge is -2.37. The SMILES string of the molecule is CC(C)=NOC1C[C@H](n2cnc3c(N=[N+]=[N-])ncnc32)O[C@@H]1CO[Si](C)(C)C(C)(C)C. The van der Waals surface area contributed by atoms with Crippen molar-refractivity contribution in [2.75, 3.05) is 6.61 Å². The maximum Gasteiger partial charge on any atom is 0.192 e. The Morgan fingerprint density at radius 2 is 2.06 bits per heavy atom. The number of aromatic nitrogens is 4. The molecule has 168 valence electrons. The van der Waals surface area contributed by atoms with Gasteiger partial charge in [0.05, 0.1) is 18.6 Å². The van der Waals surface area contributed by atoms with Crippen LogP contribution >= 0.6 is 0 Å². The van der Waals surface area contributed by atoms with Crippen molar-refractivity contribution in [3.63, 3.8) is 0 Å². The molecule has 0 aromatic carbocycles. The molecular weight excluding hydrogens is 416 g/mol. The van der Waals surface area contributed by atoms with Crippen LogP contribution in [0.4, 0.5) is 5.82 Å². The first-order valence-electron chi connectivity index (χ1n) is 10.2. The van der Waals surface area contributed by atoms with Gasteiger partial charge in [-0.2, -0.15) is 0 Å². The molecule has 0 saturated carbocycles. The van der Waals surface area contributed by atoms with Gasteiger partial charge < -0.3 is 14.0 Å². The summed E-state index contributed by atoms with van der Waals surface area (Å²) < 4.78 is 14.5. The molecule has 3 heterocycles. The second-order valence-electron chi connectivity index (χ2n) is 9.33. The molecule has 11 nitrogen and oxygen atoms in total. The van der Waals surface area contributed by atoms with Gasteiger partial charge in [-0.3, -0.25) is 4.57 Å². The van der Waals surface area contributed by atoms with Gasteiger partial charge >= 0.3 is 0 Å². The van der Waals surface area contributed by atoms with Gasteiger partial charge in [-0.15, -0.1) is 0 Å². The van der Waals surface area contributed by atoms with Crippen molar-refractivity contribution in [1.82, 2.24) is 19.5 Å². The standard InChI is InChI=1S/C19H30N8O3Si/c1-12(2)25-30-13-8-15(29-14(13)9-28-31(6,7)19(3,4)5)27-11-23-16-17(24-26-20)21-10-22-18(16)27/h10-11,13-15H,8-9H2,1-7H3/t13?,14-,15-/m1/s1. The Balaban J connectivity index is 1.85. The minimum Gasteiger partial charge on any atom is -0.414 e. The van der Waals surface area contributed by atoms with Crippen LogP contribution in [0.1, 0.15) is 47.3 Å². The van der Waals surface area contributed by atoms with Crippen molar-refractivity contribution in [2.45, 2.75) is 77.6 Å². The molecule has 1 aliphatic rings. The van der Waals surface area contributed by atoms with Gasteiger partial charge in [0.2, 0.25) is 0 Å².